The fraction of sp³-hybridized carbons (Fsp3) is 0.455. The Morgan fingerprint density at radius 3 is 2.83 bits per heavy atom. The summed E-state index contributed by atoms with van der Waals surface area (Å²) in [7, 11) is 1.50. The molecule has 98 valence electrons. The molecule has 0 N–H and O–H groups in total. The van der Waals surface area contributed by atoms with E-state index in [2.05, 4.69) is 0 Å². The summed E-state index contributed by atoms with van der Waals surface area (Å²) in [5.41, 5.74) is -0.279. The first-order valence-electron chi connectivity index (χ1n) is 5.33. The molecule has 18 heavy (non-hydrogen) atoms. The van der Waals surface area contributed by atoms with Gasteiger partial charge in [-0.15, -0.1) is 0 Å². The molecule has 1 aliphatic heterocycles. The summed E-state index contributed by atoms with van der Waals surface area (Å²) < 4.78 is 28.8. The molecule has 0 aliphatic carbocycles. The van der Waals surface area contributed by atoms with Crippen molar-refractivity contribution in [3.63, 3.8) is 0 Å². The van der Waals surface area contributed by atoms with Crippen LogP contribution in [-0.4, -0.2) is 37.5 Å². The van der Waals surface area contributed by atoms with Gasteiger partial charge in [0, 0.05) is 19.2 Å². The number of hydrogen-bond acceptors (Lipinski definition) is 5. The molecule has 7 heteroatoms. The summed E-state index contributed by atoms with van der Waals surface area (Å²) >= 11 is 0. The van der Waals surface area contributed by atoms with E-state index in [1.165, 1.54) is 7.11 Å². The quantitative estimate of drug-likeness (QED) is 0.604. The zero-order valence-electron chi connectivity index (χ0n) is 9.67. The minimum Gasteiger partial charge on any atom is -0.478 e. The van der Waals surface area contributed by atoms with Crippen LogP contribution in [0.25, 0.3) is 0 Å². The van der Waals surface area contributed by atoms with E-state index >= 15 is 0 Å². The highest BCUT2D eigenvalue weighted by Gasteiger charge is 2.32. The number of nitrogens with zero attached hydrogens (tertiary/aromatic N) is 1. The molecule has 0 spiro atoms. The molecule has 1 aromatic carbocycles. The lowest BCUT2D eigenvalue weighted by molar-refractivity contribution is -0.386. The van der Waals surface area contributed by atoms with Gasteiger partial charge in [0.05, 0.1) is 18.1 Å². The van der Waals surface area contributed by atoms with Crippen LogP contribution < -0.4 is 4.74 Å². The molecule has 1 aromatic rings. The van der Waals surface area contributed by atoms with Crippen LogP contribution in [-0.2, 0) is 9.47 Å². The monoisotopic (exact) mass is 257 g/mol. The number of ether oxygens (including phenoxy) is 3. The van der Waals surface area contributed by atoms with E-state index in [9.17, 15) is 14.5 Å². The van der Waals surface area contributed by atoms with E-state index in [1.807, 2.05) is 0 Å². The van der Waals surface area contributed by atoms with E-state index in [-0.39, 0.29) is 24.1 Å². The summed E-state index contributed by atoms with van der Waals surface area (Å²) in [4.78, 5) is 10.2. The Balaban J connectivity index is 2.22. The third-order valence-corrected chi connectivity index (χ3v) is 2.68. The smallest absolute Gasteiger partial charge is 0.311 e. The van der Waals surface area contributed by atoms with Crippen molar-refractivity contribution in [2.45, 2.75) is 12.2 Å². The summed E-state index contributed by atoms with van der Waals surface area (Å²) in [5.74, 6) is -0.707. The van der Waals surface area contributed by atoms with Crippen LogP contribution in [0, 0.1) is 15.9 Å². The zero-order chi connectivity index (χ0) is 13.1. The highest BCUT2D eigenvalue weighted by atomic mass is 19.1. The van der Waals surface area contributed by atoms with Crippen molar-refractivity contribution < 1.29 is 23.5 Å². The van der Waals surface area contributed by atoms with Crippen LogP contribution in [0.2, 0.25) is 0 Å². The molecule has 0 unspecified atom stereocenters. The van der Waals surface area contributed by atoms with Crippen molar-refractivity contribution in [1.29, 1.82) is 0 Å². The Labute approximate surface area is 102 Å². The second kappa shape index (κ2) is 5.28. The third kappa shape index (κ3) is 2.57. The van der Waals surface area contributed by atoms with Gasteiger partial charge >= 0.3 is 5.69 Å². The number of halogens is 1. The molecule has 0 amide bonds. The van der Waals surface area contributed by atoms with Crippen LogP contribution in [0.4, 0.5) is 10.1 Å². The molecule has 6 nitrogen and oxygen atoms in total. The lowest BCUT2D eigenvalue weighted by Gasteiger charge is -2.17. The minimum absolute atomic E-state index is 0.113. The Morgan fingerprint density at radius 2 is 2.17 bits per heavy atom. The van der Waals surface area contributed by atoms with Gasteiger partial charge in [-0.3, -0.25) is 10.1 Å². The second-order valence-corrected chi connectivity index (χ2v) is 3.84. The zero-order valence-corrected chi connectivity index (χ0v) is 9.67. The highest BCUT2D eigenvalue weighted by molar-refractivity contribution is 5.46. The maximum atomic E-state index is 13.1. The standard InChI is InChI=1S/C11H12FNO5/c1-16-10-5-17-6-11(10)18-9-4-7(12)2-3-8(9)13(14)15/h2-4,10-11H,5-6H2,1H3/t10-,11+/m0/s1. The molecule has 0 saturated carbocycles. The topological polar surface area (TPSA) is 70.8 Å². The van der Waals surface area contributed by atoms with Crippen LogP contribution in [0.5, 0.6) is 5.75 Å². The fourth-order valence-electron chi connectivity index (χ4n) is 1.74. The van der Waals surface area contributed by atoms with Crippen molar-refractivity contribution >= 4 is 5.69 Å². The van der Waals surface area contributed by atoms with Gasteiger partial charge in [0.15, 0.2) is 11.9 Å². The molecule has 1 heterocycles. The van der Waals surface area contributed by atoms with Gasteiger partial charge in [-0.25, -0.2) is 4.39 Å². The molecule has 2 atom stereocenters. The van der Waals surface area contributed by atoms with E-state index in [4.69, 9.17) is 14.2 Å². The average Bonchev–Trinajstić information content (AvgIpc) is 2.76. The molecule has 0 aromatic heterocycles. The lowest BCUT2D eigenvalue weighted by atomic mass is 10.2. The Morgan fingerprint density at radius 1 is 1.44 bits per heavy atom. The van der Waals surface area contributed by atoms with Crippen molar-refractivity contribution in [3.8, 4) is 5.75 Å². The van der Waals surface area contributed by atoms with Crippen LogP contribution in [0.1, 0.15) is 0 Å². The summed E-state index contributed by atoms with van der Waals surface area (Å²) in [6.07, 6.45) is -0.789. The fourth-order valence-corrected chi connectivity index (χ4v) is 1.74. The maximum Gasteiger partial charge on any atom is 0.311 e. The van der Waals surface area contributed by atoms with Gasteiger partial charge < -0.3 is 14.2 Å². The largest absolute Gasteiger partial charge is 0.478 e. The molecule has 2 rings (SSSR count). The summed E-state index contributed by atoms with van der Waals surface area (Å²) in [5, 5.41) is 10.8. The summed E-state index contributed by atoms with van der Waals surface area (Å²) in [6, 6.07) is 3.08. The van der Waals surface area contributed by atoms with Gasteiger partial charge in [0.1, 0.15) is 11.9 Å². The minimum atomic E-state index is -0.619. The van der Waals surface area contributed by atoms with E-state index < -0.39 is 16.8 Å². The van der Waals surface area contributed by atoms with Crippen molar-refractivity contribution in [1.82, 2.24) is 0 Å². The number of hydrogen-bond donors (Lipinski definition) is 0. The maximum absolute atomic E-state index is 13.1. The van der Waals surface area contributed by atoms with Gasteiger partial charge in [-0.1, -0.05) is 0 Å². The van der Waals surface area contributed by atoms with Gasteiger partial charge in [-0.2, -0.15) is 0 Å². The molecule has 1 fully saturated rings. The van der Waals surface area contributed by atoms with Crippen molar-refractivity contribution in [2.24, 2.45) is 0 Å². The van der Waals surface area contributed by atoms with E-state index in [0.29, 0.717) is 6.61 Å². The first kappa shape index (κ1) is 12.7. The van der Waals surface area contributed by atoms with Gasteiger partial charge in [0.2, 0.25) is 0 Å². The van der Waals surface area contributed by atoms with Crippen LogP contribution >= 0.6 is 0 Å². The first-order chi connectivity index (χ1) is 8.61. The summed E-state index contributed by atoms with van der Waals surface area (Å²) in [6.45, 7) is 0.608. The highest BCUT2D eigenvalue weighted by Crippen LogP contribution is 2.30. The van der Waals surface area contributed by atoms with Crippen LogP contribution in [0.3, 0.4) is 0 Å². The molecule has 1 saturated heterocycles. The van der Waals surface area contributed by atoms with Crippen LogP contribution in [0.15, 0.2) is 18.2 Å². The average molecular weight is 257 g/mol. The number of nitro groups is 1. The normalized spacial score (nSPS) is 23.0. The van der Waals surface area contributed by atoms with Crippen molar-refractivity contribution in [3.05, 3.63) is 34.1 Å². The predicted octanol–water partition coefficient (Wildman–Crippen LogP) is 1.53. The third-order valence-electron chi connectivity index (χ3n) is 2.68. The Kier molecular flexibility index (Phi) is 3.73. The number of nitro benzene ring substituents is 1. The molecule has 1 aliphatic rings. The number of benzene rings is 1. The SMILES string of the molecule is CO[C@H]1COC[C@H]1Oc1cc(F)ccc1[N+](=O)[O-]. The van der Waals surface area contributed by atoms with Crippen molar-refractivity contribution in [2.75, 3.05) is 20.3 Å². The van der Waals surface area contributed by atoms with Gasteiger partial charge in [0.25, 0.3) is 0 Å². The predicted molar refractivity (Wildman–Crippen MR) is 59.1 cm³/mol. The molecular formula is C11H12FNO5. The van der Waals surface area contributed by atoms with E-state index in [0.717, 1.165) is 18.2 Å². The first-order valence-corrected chi connectivity index (χ1v) is 5.33. The lowest BCUT2D eigenvalue weighted by Crippen LogP contribution is -2.31. The number of methoxy groups -OCH3 is 1. The molecule has 0 radical (unpaired) electrons. The van der Waals surface area contributed by atoms with E-state index in [1.54, 1.807) is 0 Å². The Hall–Kier alpha value is -1.73. The molecular weight excluding hydrogens is 245 g/mol. The molecule has 0 bridgehead atoms. The number of rotatable bonds is 4. The second-order valence-electron chi connectivity index (χ2n) is 3.84. The van der Waals surface area contributed by atoms with Gasteiger partial charge in [-0.05, 0) is 6.07 Å². The Bertz CT molecular complexity index is 453.